The Morgan fingerprint density at radius 1 is 1.46 bits per heavy atom. The van der Waals surface area contributed by atoms with E-state index in [1.165, 1.54) is 9.13 Å². The van der Waals surface area contributed by atoms with Gasteiger partial charge in [0, 0.05) is 15.1 Å². The van der Waals surface area contributed by atoms with Crippen molar-refractivity contribution in [2.45, 2.75) is 12.8 Å². The van der Waals surface area contributed by atoms with Crippen molar-refractivity contribution in [3.63, 3.8) is 0 Å². The summed E-state index contributed by atoms with van der Waals surface area (Å²) in [6.07, 6.45) is 0. The lowest BCUT2D eigenvalue weighted by atomic mass is 9.92. The van der Waals surface area contributed by atoms with Crippen LogP contribution in [-0.2, 0) is 4.74 Å². The van der Waals surface area contributed by atoms with Crippen LogP contribution in [0.15, 0.2) is 12.1 Å². The molecule has 13 heavy (non-hydrogen) atoms. The zero-order chi connectivity index (χ0) is 9.42. The van der Waals surface area contributed by atoms with Crippen molar-refractivity contribution in [1.29, 1.82) is 0 Å². The van der Waals surface area contributed by atoms with Crippen LogP contribution in [0.2, 0.25) is 0 Å². The minimum Gasteiger partial charge on any atom is -0.508 e. The summed E-state index contributed by atoms with van der Waals surface area (Å²) in [5.74, 6) is 0.806. The Kier molecular flexibility index (Phi) is 2.47. The minimum absolute atomic E-state index is 0.398. The Morgan fingerprint density at radius 3 is 2.69 bits per heavy atom. The van der Waals surface area contributed by atoms with Gasteiger partial charge in [0.2, 0.25) is 0 Å². The summed E-state index contributed by atoms with van der Waals surface area (Å²) in [5, 5.41) is 9.69. The third kappa shape index (κ3) is 1.55. The molecule has 1 fully saturated rings. The number of phenols is 1. The second-order valence-electron chi connectivity index (χ2n) is 3.34. The second kappa shape index (κ2) is 3.46. The molecule has 1 aliphatic rings. The molecule has 0 saturated carbocycles. The Balaban J connectivity index is 2.46. The Hall–Kier alpha value is -0.290. The van der Waals surface area contributed by atoms with Gasteiger partial charge >= 0.3 is 0 Å². The molecule has 0 unspecified atom stereocenters. The summed E-state index contributed by atoms with van der Waals surface area (Å²) in [7, 11) is 0. The van der Waals surface area contributed by atoms with E-state index in [4.69, 9.17) is 4.74 Å². The maximum atomic E-state index is 9.69. The van der Waals surface area contributed by atoms with E-state index in [0.717, 1.165) is 18.8 Å². The van der Waals surface area contributed by atoms with Crippen molar-refractivity contribution < 1.29 is 9.84 Å². The molecule has 3 heteroatoms. The van der Waals surface area contributed by atoms with Crippen LogP contribution >= 0.6 is 22.6 Å². The van der Waals surface area contributed by atoms with Crippen molar-refractivity contribution in [3.8, 4) is 5.75 Å². The van der Waals surface area contributed by atoms with Gasteiger partial charge in [-0.05, 0) is 47.2 Å². The number of hydrogen-bond acceptors (Lipinski definition) is 2. The summed E-state index contributed by atoms with van der Waals surface area (Å²) >= 11 is 2.29. The average molecular weight is 290 g/mol. The molecule has 1 N–H and O–H groups in total. The standard InChI is InChI=1S/C10H11IO2/c1-6-8(11)2-3-9(12)10(6)7-4-13-5-7/h2-3,7,12H,4-5H2,1H3. The highest BCUT2D eigenvalue weighted by Gasteiger charge is 2.25. The van der Waals surface area contributed by atoms with Gasteiger partial charge < -0.3 is 9.84 Å². The summed E-state index contributed by atoms with van der Waals surface area (Å²) in [5.41, 5.74) is 2.26. The average Bonchev–Trinajstić information content (AvgIpc) is 2.02. The maximum absolute atomic E-state index is 9.69. The predicted octanol–water partition coefficient (Wildman–Crippen LogP) is 2.42. The molecular weight excluding hydrogens is 279 g/mol. The van der Waals surface area contributed by atoms with Gasteiger partial charge in [-0.25, -0.2) is 0 Å². The molecule has 0 atom stereocenters. The molecular formula is C10H11IO2. The summed E-state index contributed by atoms with van der Waals surface area (Å²) in [4.78, 5) is 0. The van der Waals surface area contributed by atoms with Crippen molar-refractivity contribution >= 4 is 22.6 Å². The molecule has 0 spiro atoms. The molecule has 0 bridgehead atoms. The number of aromatic hydroxyl groups is 1. The molecule has 70 valence electrons. The summed E-state index contributed by atoms with van der Waals surface area (Å²) in [6.45, 7) is 3.54. The van der Waals surface area contributed by atoms with Crippen LogP contribution in [0.25, 0.3) is 0 Å². The van der Waals surface area contributed by atoms with E-state index in [1.54, 1.807) is 6.07 Å². The zero-order valence-electron chi connectivity index (χ0n) is 7.38. The van der Waals surface area contributed by atoms with Gasteiger partial charge in [0.1, 0.15) is 5.75 Å². The first kappa shape index (κ1) is 9.27. The third-order valence-corrected chi connectivity index (χ3v) is 3.64. The van der Waals surface area contributed by atoms with E-state index in [-0.39, 0.29) is 0 Å². The lowest BCUT2D eigenvalue weighted by Crippen LogP contribution is -2.26. The van der Waals surface area contributed by atoms with Gasteiger partial charge in [0.15, 0.2) is 0 Å². The second-order valence-corrected chi connectivity index (χ2v) is 4.50. The zero-order valence-corrected chi connectivity index (χ0v) is 9.54. The van der Waals surface area contributed by atoms with Crippen LogP contribution in [0.3, 0.4) is 0 Å². The predicted molar refractivity (Wildman–Crippen MR) is 59.1 cm³/mol. The fraction of sp³-hybridized carbons (Fsp3) is 0.400. The van der Waals surface area contributed by atoms with E-state index in [0.29, 0.717) is 11.7 Å². The van der Waals surface area contributed by atoms with E-state index in [2.05, 4.69) is 29.5 Å². The van der Waals surface area contributed by atoms with Gasteiger partial charge in [-0.1, -0.05) is 0 Å². The number of halogens is 1. The van der Waals surface area contributed by atoms with Gasteiger partial charge in [-0.3, -0.25) is 0 Å². The Bertz CT molecular complexity index is 332. The lowest BCUT2D eigenvalue weighted by Gasteiger charge is -2.28. The van der Waals surface area contributed by atoms with E-state index in [9.17, 15) is 5.11 Å². The first-order valence-corrected chi connectivity index (χ1v) is 5.33. The fourth-order valence-corrected chi connectivity index (χ4v) is 2.08. The maximum Gasteiger partial charge on any atom is 0.119 e. The van der Waals surface area contributed by atoms with Gasteiger partial charge in [0.05, 0.1) is 13.2 Å². The SMILES string of the molecule is Cc1c(I)ccc(O)c1C1COC1. The first-order valence-electron chi connectivity index (χ1n) is 4.26. The molecule has 0 radical (unpaired) electrons. The highest BCUT2D eigenvalue weighted by molar-refractivity contribution is 14.1. The summed E-state index contributed by atoms with van der Waals surface area (Å²) < 4.78 is 6.33. The van der Waals surface area contributed by atoms with Crippen LogP contribution in [0.5, 0.6) is 5.75 Å². The van der Waals surface area contributed by atoms with Crippen LogP contribution in [0.4, 0.5) is 0 Å². The molecule has 0 aromatic heterocycles. The summed E-state index contributed by atoms with van der Waals surface area (Å²) in [6, 6.07) is 3.71. The van der Waals surface area contributed by atoms with Crippen molar-refractivity contribution in [2.75, 3.05) is 13.2 Å². The molecule has 1 heterocycles. The number of hydrogen-bond donors (Lipinski definition) is 1. The van der Waals surface area contributed by atoms with Crippen LogP contribution in [0.1, 0.15) is 17.0 Å². The molecule has 1 aliphatic heterocycles. The fourth-order valence-electron chi connectivity index (χ4n) is 1.61. The number of benzene rings is 1. The molecule has 2 nitrogen and oxygen atoms in total. The molecule has 1 saturated heterocycles. The quantitative estimate of drug-likeness (QED) is 0.805. The van der Waals surface area contributed by atoms with Crippen molar-refractivity contribution in [2.24, 2.45) is 0 Å². The minimum atomic E-state index is 0.398. The number of rotatable bonds is 1. The third-order valence-electron chi connectivity index (χ3n) is 2.47. The van der Waals surface area contributed by atoms with Gasteiger partial charge in [-0.2, -0.15) is 0 Å². The van der Waals surface area contributed by atoms with E-state index < -0.39 is 0 Å². The molecule has 1 aromatic carbocycles. The number of phenolic OH excluding ortho intramolecular Hbond substituents is 1. The molecule has 0 amide bonds. The van der Waals surface area contributed by atoms with Crippen LogP contribution in [-0.4, -0.2) is 18.3 Å². The van der Waals surface area contributed by atoms with Gasteiger partial charge in [0.25, 0.3) is 0 Å². The normalized spacial score (nSPS) is 17.1. The Labute approximate surface area is 91.1 Å². The molecule has 2 rings (SSSR count). The van der Waals surface area contributed by atoms with Crippen LogP contribution in [0, 0.1) is 10.5 Å². The topological polar surface area (TPSA) is 29.5 Å². The first-order chi connectivity index (χ1) is 6.20. The highest BCUT2D eigenvalue weighted by atomic mass is 127. The van der Waals surface area contributed by atoms with E-state index in [1.807, 2.05) is 6.07 Å². The van der Waals surface area contributed by atoms with E-state index >= 15 is 0 Å². The van der Waals surface area contributed by atoms with Crippen LogP contribution < -0.4 is 0 Å². The highest BCUT2D eigenvalue weighted by Crippen LogP contribution is 2.35. The van der Waals surface area contributed by atoms with Crippen molar-refractivity contribution in [3.05, 3.63) is 26.8 Å². The Morgan fingerprint density at radius 2 is 2.15 bits per heavy atom. The smallest absolute Gasteiger partial charge is 0.119 e. The monoisotopic (exact) mass is 290 g/mol. The van der Waals surface area contributed by atoms with Gasteiger partial charge in [-0.15, -0.1) is 0 Å². The van der Waals surface area contributed by atoms with Crippen molar-refractivity contribution in [1.82, 2.24) is 0 Å². The molecule has 0 aliphatic carbocycles. The number of ether oxygens (including phenoxy) is 1. The largest absolute Gasteiger partial charge is 0.508 e. The lowest BCUT2D eigenvalue weighted by molar-refractivity contribution is 0.00725. The molecule has 1 aromatic rings.